The van der Waals surface area contributed by atoms with Gasteiger partial charge in [0.1, 0.15) is 5.60 Å². The molecule has 0 aromatic carbocycles. The third-order valence-corrected chi connectivity index (χ3v) is 3.75. The van der Waals surface area contributed by atoms with Crippen LogP contribution in [0, 0.1) is 10.8 Å². The Morgan fingerprint density at radius 3 is 1.80 bits per heavy atom. The summed E-state index contributed by atoms with van der Waals surface area (Å²) in [7, 11) is 0. The summed E-state index contributed by atoms with van der Waals surface area (Å²) in [6.45, 7) is 10.1. The Morgan fingerprint density at radius 2 is 1.55 bits per heavy atom. The summed E-state index contributed by atoms with van der Waals surface area (Å²) in [6, 6.07) is 0. The molecule has 0 saturated carbocycles. The van der Waals surface area contributed by atoms with E-state index in [1.807, 2.05) is 0 Å². The highest BCUT2D eigenvalue weighted by molar-refractivity contribution is 5.89. The second-order valence-corrected chi connectivity index (χ2v) is 7.36. The van der Waals surface area contributed by atoms with Gasteiger partial charge in [-0.3, -0.25) is 0 Å². The lowest BCUT2D eigenvalue weighted by Gasteiger charge is -2.49. The molecular formula is C14H24O6. The van der Waals surface area contributed by atoms with Crippen LogP contribution in [0.15, 0.2) is 11.5 Å². The third kappa shape index (κ3) is 2.38. The number of carbonyl (C=O) groups is 1. The molecule has 0 radical (unpaired) electrons. The van der Waals surface area contributed by atoms with Crippen LogP contribution in [0.2, 0.25) is 0 Å². The molecule has 3 atom stereocenters. The van der Waals surface area contributed by atoms with Gasteiger partial charge in [0.25, 0.3) is 0 Å². The fourth-order valence-electron chi connectivity index (χ4n) is 2.35. The van der Waals surface area contributed by atoms with Crippen molar-refractivity contribution >= 4 is 5.97 Å². The van der Waals surface area contributed by atoms with Crippen molar-refractivity contribution in [1.29, 1.82) is 0 Å². The first kappa shape index (κ1) is 16.8. The van der Waals surface area contributed by atoms with Gasteiger partial charge in [-0.15, -0.1) is 0 Å². The highest BCUT2D eigenvalue weighted by Crippen LogP contribution is 2.46. The molecule has 0 bridgehead atoms. The van der Waals surface area contributed by atoms with Crippen molar-refractivity contribution in [2.24, 2.45) is 10.8 Å². The van der Waals surface area contributed by atoms with Gasteiger partial charge in [0, 0.05) is 0 Å². The number of esters is 1. The van der Waals surface area contributed by atoms with Crippen LogP contribution in [0.1, 0.15) is 41.5 Å². The van der Waals surface area contributed by atoms with Gasteiger partial charge in [-0.05, 0) is 10.8 Å². The number of cyclic esters (lactones) is 1. The largest absolute Gasteiger partial charge is 0.505 e. The summed E-state index contributed by atoms with van der Waals surface area (Å²) in [5.74, 6) is -2.80. The molecule has 1 aliphatic rings. The molecule has 0 fully saturated rings. The number of carbonyl (C=O) groups excluding carboxylic acids is 1. The van der Waals surface area contributed by atoms with E-state index in [9.17, 15) is 25.2 Å². The van der Waals surface area contributed by atoms with Crippen LogP contribution < -0.4 is 0 Å². The van der Waals surface area contributed by atoms with E-state index in [1.54, 1.807) is 41.5 Å². The van der Waals surface area contributed by atoms with Crippen molar-refractivity contribution < 1.29 is 30.0 Å². The zero-order chi connectivity index (χ0) is 16.1. The monoisotopic (exact) mass is 288 g/mol. The molecule has 1 unspecified atom stereocenters. The Kier molecular flexibility index (Phi) is 3.89. The summed E-state index contributed by atoms with van der Waals surface area (Å²) in [5.41, 5.74) is -3.62. The molecule has 1 aliphatic heterocycles. The number of hydrogen-bond donors (Lipinski definition) is 4. The fraction of sp³-hybridized carbons (Fsp3) is 0.786. The van der Waals surface area contributed by atoms with E-state index in [-0.39, 0.29) is 0 Å². The number of rotatable bonds is 2. The molecule has 116 valence electrons. The first-order valence-corrected chi connectivity index (χ1v) is 6.48. The average Bonchev–Trinajstić information content (AvgIpc) is 2.52. The highest BCUT2D eigenvalue weighted by atomic mass is 16.6. The molecule has 6 heteroatoms. The summed E-state index contributed by atoms with van der Waals surface area (Å²) < 4.78 is 4.87. The Balaban J connectivity index is 3.40. The van der Waals surface area contributed by atoms with Crippen molar-refractivity contribution in [2.75, 3.05) is 0 Å². The molecule has 0 aliphatic carbocycles. The lowest BCUT2D eigenvalue weighted by atomic mass is 9.63. The Labute approximate surface area is 118 Å². The quantitative estimate of drug-likeness (QED) is 0.572. The van der Waals surface area contributed by atoms with Gasteiger partial charge in [0.2, 0.25) is 5.76 Å². The fourth-order valence-corrected chi connectivity index (χ4v) is 2.35. The van der Waals surface area contributed by atoms with Crippen molar-refractivity contribution in [2.45, 2.75) is 59.4 Å². The van der Waals surface area contributed by atoms with Crippen LogP contribution in [0.4, 0.5) is 0 Å². The van der Waals surface area contributed by atoms with Gasteiger partial charge in [-0.25, -0.2) is 4.79 Å². The Hall–Kier alpha value is -1.27. The van der Waals surface area contributed by atoms with E-state index in [2.05, 4.69) is 0 Å². The molecule has 4 N–H and O–H groups in total. The standard InChI is InChI=1S/C14H24O6/c1-12(2,3)11(18)14(19,13(4,5)6)9-7(15)8(16)10(17)20-9/h9,11,15-16,18-19H,1-6H3/t9-,11?,14+/m0/s1. The first-order chi connectivity index (χ1) is 8.74. The first-order valence-electron chi connectivity index (χ1n) is 6.48. The van der Waals surface area contributed by atoms with Crippen molar-refractivity contribution in [3.63, 3.8) is 0 Å². The maximum absolute atomic E-state index is 11.4. The molecule has 20 heavy (non-hydrogen) atoms. The van der Waals surface area contributed by atoms with Crippen LogP contribution in [0.5, 0.6) is 0 Å². The number of aliphatic hydroxyl groups excluding tert-OH is 3. The Bertz CT molecular complexity index is 440. The molecule has 0 amide bonds. The van der Waals surface area contributed by atoms with Crippen LogP contribution in [0.25, 0.3) is 0 Å². The minimum absolute atomic E-state index is 0.729. The predicted molar refractivity (Wildman–Crippen MR) is 72.0 cm³/mol. The van der Waals surface area contributed by atoms with E-state index in [0.29, 0.717) is 0 Å². The van der Waals surface area contributed by atoms with Gasteiger partial charge in [-0.1, -0.05) is 41.5 Å². The van der Waals surface area contributed by atoms with Gasteiger partial charge >= 0.3 is 5.97 Å². The minimum atomic E-state index is -1.96. The number of aliphatic hydroxyl groups is 4. The van der Waals surface area contributed by atoms with Crippen molar-refractivity contribution in [3.8, 4) is 0 Å². The van der Waals surface area contributed by atoms with E-state index >= 15 is 0 Å². The van der Waals surface area contributed by atoms with Crippen LogP contribution >= 0.6 is 0 Å². The van der Waals surface area contributed by atoms with Gasteiger partial charge in [0.05, 0.1) is 6.10 Å². The smallest absolute Gasteiger partial charge is 0.378 e. The molecule has 0 saturated heterocycles. The van der Waals surface area contributed by atoms with Crippen LogP contribution in [0.3, 0.4) is 0 Å². The Morgan fingerprint density at radius 1 is 1.10 bits per heavy atom. The second-order valence-electron chi connectivity index (χ2n) is 7.36. The van der Waals surface area contributed by atoms with E-state index in [0.717, 1.165) is 0 Å². The third-order valence-electron chi connectivity index (χ3n) is 3.75. The van der Waals surface area contributed by atoms with E-state index in [4.69, 9.17) is 4.74 Å². The summed E-state index contributed by atoms with van der Waals surface area (Å²) in [4.78, 5) is 11.4. The topological polar surface area (TPSA) is 107 Å². The van der Waals surface area contributed by atoms with Gasteiger partial charge in [0.15, 0.2) is 11.9 Å². The molecule has 0 aromatic rings. The summed E-state index contributed by atoms with van der Waals surface area (Å²) in [6.07, 6.45) is -2.81. The van der Waals surface area contributed by atoms with E-state index < -0.39 is 46.1 Å². The average molecular weight is 288 g/mol. The molecule has 1 rings (SSSR count). The molecular weight excluding hydrogens is 264 g/mol. The lowest BCUT2D eigenvalue weighted by molar-refractivity contribution is -0.226. The van der Waals surface area contributed by atoms with Crippen LogP contribution in [-0.2, 0) is 9.53 Å². The zero-order valence-corrected chi connectivity index (χ0v) is 12.8. The molecule has 6 nitrogen and oxygen atoms in total. The minimum Gasteiger partial charge on any atom is -0.505 e. The molecule has 0 aromatic heterocycles. The second kappa shape index (κ2) is 4.63. The predicted octanol–water partition coefficient (Wildman–Crippen LogP) is 1.42. The van der Waals surface area contributed by atoms with Crippen molar-refractivity contribution in [1.82, 2.24) is 0 Å². The summed E-state index contributed by atoms with van der Waals surface area (Å²) >= 11 is 0. The summed E-state index contributed by atoms with van der Waals surface area (Å²) in [5, 5.41) is 40.8. The zero-order valence-electron chi connectivity index (χ0n) is 12.8. The SMILES string of the molecule is CC(C)(C)C(O)[C@](O)([C@H]1OC(=O)C(O)=C1O)C(C)(C)C. The molecule has 0 spiro atoms. The highest BCUT2D eigenvalue weighted by Gasteiger charge is 2.61. The van der Waals surface area contributed by atoms with Crippen molar-refractivity contribution in [3.05, 3.63) is 11.5 Å². The van der Waals surface area contributed by atoms with E-state index in [1.165, 1.54) is 0 Å². The number of ether oxygens (including phenoxy) is 1. The molecule has 1 heterocycles. The van der Waals surface area contributed by atoms with Crippen LogP contribution in [-0.4, -0.2) is 44.2 Å². The lowest BCUT2D eigenvalue weighted by Crippen LogP contribution is -2.64. The number of hydrogen-bond acceptors (Lipinski definition) is 6. The maximum Gasteiger partial charge on any atom is 0.378 e. The van der Waals surface area contributed by atoms with Gasteiger partial charge in [-0.2, -0.15) is 0 Å². The normalized spacial score (nSPS) is 25.4. The maximum atomic E-state index is 11.4. The van der Waals surface area contributed by atoms with Gasteiger partial charge < -0.3 is 25.2 Å².